The highest BCUT2D eigenvalue weighted by molar-refractivity contribution is 4.84. The Morgan fingerprint density at radius 1 is 1.07 bits per heavy atom. The zero-order valence-electron chi connectivity index (χ0n) is 11.9. The molecule has 1 nitrogen and oxygen atoms in total. The van der Waals surface area contributed by atoms with Gasteiger partial charge in [-0.3, -0.25) is 0 Å². The van der Waals surface area contributed by atoms with E-state index >= 15 is 0 Å². The molecule has 0 aliphatic rings. The van der Waals surface area contributed by atoms with Crippen LogP contribution in [0.4, 0.5) is 0 Å². The van der Waals surface area contributed by atoms with Crippen LogP contribution in [0.2, 0.25) is 0 Å². The standard InChI is InChI=1S/C14H31N/c1-8-14(7,10-15-9-2)13(6)12(5)11(3)4/h11-13,15H,8-10H2,1-7H3. The zero-order chi connectivity index (χ0) is 12.1. The van der Waals surface area contributed by atoms with Gasteiger partial charge in [-0.05, 0) is 36.1 Å². The van der Waals surface area contributed by atoms with Crippen LogP contribution in [0.5, 0.6) is 0 Å². The topological polar surface area (TPSA) is 12.0 Å². The third-order valence-corrected chi connectivity index (χ3v) is 4.53. The van der Waals surface area contributed by atoms with Gasteiger partial charge in [-0.1, -0.05) is 48.5 Å². The minimum atomic E-state index is 0.444. The van der Waals surface area contributed by atoms with E-state index in [0.29, 0.717) is 5.41 Å². The maximum atomic E-state index is 3.51. The van der Waals surface area contributed by atoms with E-state index in [2.05, 4.69) is 53.8 Å². The van der Waals surface area contributed by atoms with E-state index in [1.54, 1.807) is 0 Å². The molecule has 1 heteroatoms. The van der Waals surface area contributed by atoms with Crippen LogP contribution in [0.25, 0.3) is 0 Å². The summed E-state index contributed by atoms with van der Waals surface area (Å²) in [4.78, 5) is 0. The Hall–Kier alpha value is -0.0400. The van der Waals surface area contributed by atoms with Crippen molar-refractivity contribution in [2.75, 3.05) is 13.1 Å². The van der Waals surface area contributed by atoms with Crippen LogP contribution in [0.15, 0.2) is 0 Å². The van der Waals surface area contributed by atoms with Crippen LogP contribution < -0.4 is 5.32 Å². The average molecular weight is 213 g/mol. The summed E-state index contributed by atoms with van der Waals surface area (Å²) in [6.45, 7) is 18.7. The first-order valence-electron chi connectivity index (χ1n) is 6.59. The summed E-state index contributed by atoms with van der Waals surface area (Å²) in [6.07, 6.45) is 1.26. The number of rotatable bonds is 7. The molecule has 0 aliphatic carbocycles. The molecule has 0 fully saturated rings. The van der Waals surface area contributed by atoms with Crippen molar-refractivity contribution in [2.45, 2.75) is 54.9 Å². The molecule has 3 atom stereocenters. The fourth-order valence-corrected chi connectivity index (χ4v) is 2.23. The molecular formula is C14H31N. The van der Waals surface area contributed by atoms with Crippen molar-refractivity contribution < 1.29 is 0 Å². The van der Waals surface area contributed by atoms with Gasteiger partial charge in [0, 0.05) is 6.54 Å². The van der Waals surface area contributed by atoms with Gasteiger partial charge < -0.3 is 5.32 Å². The molecule has 0 saturated carbocycles. The fraction of sp³-hybridized carbons (Fsp3) is 1.00. The quantitative estimate of drug-likeness (QED) is 0.675. The molecule has 0 aromatic rings. The van der Waals surface area contributed by atoms with Crippen LogP contribution in [-0.4, -0.2) is 13.1 Å². The van der Waals surface area contributed by atoms with E-state index < -0.39 is 0 Å². The van der Waals surface area contributed by atoms with Crippen molar-refractivity contribution in [1.29, 1.82) is 0 Å². The van der Waals surface area contributed by atoms with Gasteiger partial charge in [0.05, 0.1) is 0 Å². The molecule has 0 aromatic heterocycles. The first-order chi connectivity index (χ1) is 6.89. The van der Waals surface area contributed by atoms with E-state index in [-0.39, 0.29) is 0 Å². The molecule has 0 aromatic carbocycles. The molecule has 92 valence electrons. The van der Waals surface area contributed by atoms with Crippen molar-refractivity contribution in [3.63, 3.8) is 0 Å². The maximum Gasteiger partial charge on any atom is 0.000760 e. The summed E-state index contributed by atoms with van der Waals surface area (Å²) in [5.41, 5.74) is 0.444. The Morgan fingerprint density at radius 2 is 1.60 bits per heavy atom. The molecule has 0 heterocycles. The molecule has 0 radical (unpaired) electrons. The molecule has 0 bridgehead atoms. The van der Waals surface area contributed by atoms with E-state index in [1.807, 2.05) is 0 Å². The summed E-state index contributed by atoms with van der Waals surface area (Å²) in [7, 11) is 0. The van der Waals surface area contributed by atoms with E-state index in [0.717, 1.165) is 30.8 Å². The molecule has 0 rings (SSSR count). The van der Waals surface area contributed by atoms with Gasteiger partial charge in [-0.15, -0.1) is 0 Å². The third kappa shape index (κ3) is 4.14. The van der Waals surface area contributed by atoms with Crippen molar-refractivity contribution in [3.05, 3.63) is 0 Å². The lowest BCUT2D eigenvalue weighted by Crippen LogP contribution is -2.40. The molecule has 0 saturated heterocycles. The lowest BCUT2D eigenvalue weighted by Gasteiger charge is -2.40. The SMILES string of the molecule is CCNCC(C)(CC)C(C)C(C)C(C)C. The Balaban J connectivity index is 4.48. The molecule has 3 unspecified atom stereocenters. The smallest absolute Gasteiger partial charge is 0.000760 e. The highest BCUT2D eigenvalue weighted by Crippen LogP contribution is 2.38. The minimum Gasteiger partial charge on any atom is -0.316 e. The van der Waals surface area contributed by atoms with Gasteiger partial charge in [-0.2, -0.15) is 0 Å². The summed E-state index contributed by atoms with van der Waals surface area (Å²) < 4.78 is 0. The Morgan fingerprint density at radius 3 is 1.93 bits per heavy atom. The van der Waals surface area contributed by atoms with Crippen LogP contribution in [0, 0.1) is 23.2 Å². The highest BCUT2D eigenvalue weighted by atomic mass is 14.9. The van der Waals surface area contributed by atoms with Gasteiger partial charge in [-0.25, -0.2) is 0 Å². The number of nitrogens with one attached hydrogen (secondary N) is 1. The summed E-state index contributed by atoms with van der Waals surface area (Å²) in [6, 6.07) is 0. The molecule has 15 heavy (non-hydrogen) atoms. The Labute approximate surface area is 97.0 Å². The maximum absolute atomic E-state index is 3.51. The minimum absolute atomic E-state index is 0.444. The number of hydrogen-bond acceptors (Lipinski definition) is 1. The molecule has 0 spiro atoms. The average Bonchev–Trinajstić information content (AvgIpc) is 2.23. The molecule has 0 amide bonds. The van der Waals surface area contributed by atoms with E-state index in [1.165, 1.54) is 6.42 Å². The normalized spacial score (nSPS) is 20.0. The second kappa shape index (κ2) is 6.52. The third-order valence-electron chi connectivity index (χ3n) is 4.53. The van der Waals surface area contributed by atoms with Crippen LogP contribution >= 0.6 is 0 Å². The monoisotopic (exact) mass is 213 g/mol. The van der Waals surface area contributed by atoms with Crippen molar-refractivity contribution in [2.24, 2.45) is 23.2 Å². The highest BCUT2D eigenvalue weighted by Gasteiger charge is 2.33. The summed E-state index contributed by atoms with van der Waals surface area (Å²) >= 11 is 0. The second-order valence-corrected chi connectivity index (χ2v) is 5.68. The van der Waals surface area contributed by atoms with E-state index in [4.69, 9.17) is 0 Å². The number of hydrogen-bond donors (Lipinski definition) is 1. The van der Waals surface area contributed by atoms with Crippen LogP contribution in [0.1, 0.15) is 54.9 Å². The zero-order valence-corrected chi connectivity index (χ0v) is 11.9. The van der Waals surface area contributed by atoms with Gasteiger partial charge in [0.2, 0.25) is 0 Å². The van der Waals surface area contributed by atoms with Gasteiger partial charge in [0.15, 0.2) is 0 Å². The van der Waals surface area contributed by atoms with Crippen LogP contribution in [0.3, 0.4) is 0 Å². The van der Waals surface area contributed by atoms with Gasteiger partial charge in [0.25, 0.3) is 0 Å². The first-order valence-corrected chi connectivity index (χ1v) is 6.59. The van der Waals surface area contributed by atoms with Crippen molar-refractivity contribution in [1.82, 2.24) is 5.32 Å². The predicted octanol–water partition coefficient (Wildman–Crippen LogP) is 3.94. The largest absolute Gasteiger partial charge is 0.316 e. The molecule has 0 aliphatic heterocycles. The molecule has 1 N–H and O–H groups in total. The lowest BCUT2D eigenvalue weighted by molar-refractivity contribution is 0.109. The predicted molar refractivity (Wildman–Crippen MR) is 70.1 cm³/mol. The van der Waals surface area contributed by atoms with Gasteiger partial charge >= 0.3 is 0 Å². The summed E-state index contributed by atoms with van der Waals surface area (Å²) in [5, 5.41) is 3.51. The summed E-state index contributed by atoms with van der Waals surface area (Å²) in [5.74, 6) is 2.36. The van der Waals surface area contributed by atoms with Gasteiger partial charge in [0.1, 0.15) is 0 Å². The molecular weight excluding hydrogens is 182 g/mol. The lowest BCUT2D eigenvalue weighted by atomic mass is 9.67. The second-order valence-electron chi connectivity index (χ2n) is 5.68. The van der Waals surface area contributed by atoms with Crippen molar-refractivity contribution >= 4 is 0 Å². The van der Waals surface area contributed by atoms with Crippen LogP contribution in [-0.2, 0) is 0 Å². The fourth-order valence-electron chi connectivity index (χ4n) is 2.23. The first kappa shape index (κ1) is 15.0. The van der Waals surface area contributed by atoms with E-state index in [9.17, 15) is 0 Å². The van der Waals surface area contributed by atoms with Crippen molar-refractivity contribution in [3.8, 4) is 0 Å². The Bertz CT molecular complexity index is 165. The Kier molecular flexibility index (Phi) is 6.51.